The highest BCUT2D eigenvalue weighted by molar-refractivity contribution is 6.18. The van der Waals surface area contributed by atoms with Gasteiger partial charge in [0.25, 0.3) is 5.56 Å². The lowest BCUT2D eigenvalue weighted by Gasteiger charge is -2.17. The minimum absolute atomic E-state index is 0.000218. The van der Waals surface area contributed by atoms with Crippen LogP contribution in [0.3, 0.4) is 0 Å². The van der Waals surface area contributed by atoms with Crippen molar-refractivity contribution in [2.75, 3.05) is 0 Å². The van der Waals surface area contributed by atoms with Crippen molar-refractivity contribution in [1.82, 2.24) is 4.57 Å². The Kier molecular flexibility index (Phi) is 3.79. The van der Waals surface area contributed by atoms with Gasteiger partial charge in [-0.25, -0.2) is 0 Å². The molecule has 1 aromatic heterocycles. The van der Waals surface area contributed by atoms with E-state index in [0.717, 1.165) is 27.6 Å². The van der Waals surface area contributed by atoms with Gasteiger partial charge in [-0.3, -0.25) is 4.79 Å². The van der Waals surface area contributed by atoms with Gasteiger partial charge in [0.1, 0.15) is 0 Å². The first-order valence-corrected chi connectivity index (χ1v) is 7.82. The first-order chi connectivity index (χ1) is 10.5. The van der Waals surface area contributed by atoms with Crippen molar-refractivity contribution in [2.45, 2.75) is 19.7 Å². The Balaban J connectivity index is 2.52. The van der Waals surface area contributed by atoms with Crippen LogP contribution >= 0.6 is 11.6 Å². The number of fused-ring (bicyclic) bond motifs is 1. The summed E-state index contributed by atoms with van der Waals surface area (Å²) >= 11 is 6.18. The largest absolute Gasteiger partial charge is 0.313 e. The van der Waals surface area contributed by atoms with Gasteiger partial charge in [0, 0.05) is 23.7 Å². The fourth-order valence-electron chi connectivity index (χ4n) is 3.07. The summed E-state index contributed by atoms with van der Waals surface area (Å²) in [7, 11) is 1.79. The standard InChI is InChI=1S/C19H18ClNO/c1-12-8-9-14(13(2)10-12)18-15-6-4-5-7-16(15)19(22)21(3)17(18)11-20/h4-10H,11H2,1-3H3. The first-order valence-electron chi connectivity index (χ1n) is 7.28. The third kappa shape index (κ3) is 2.24. The second-order valence-electron chi connectivity index (χ2n) is 5.68. The van der Waals surface area contributed by atoms with E-state index in [4.69, 9.17) is 11.6 Å². The van der Waals surface area contributed by atoms with Crippen molar-refractivity contribution in [3.63, 3.8) is 0 Å². The minimum Gasteiger partial charge on any atom is -0.313 e. The summed E-state index contributed by atoms with van der Waals surface area (Å²) in [6.07, 6.45) is 0. The zero-order chi connectivity index (χ0) is 15.9. The van der Waals surface area contributed by atoms with Crippen LogP contribution in [-0.2, 0) is 12.9 Å². The third-order valence-corrected chi connectivity index (χ3v) is 4.46. The molecule has 3 heteroatoms. The number of benzene rings is 2. The molecule has 22 heavy (non-hydrogen) atoms. The van der Waals surface area contributed by atoms with Crippen LogP contribution in [0.15, 0.2) is 47.3 Å². The van der Waals surface area contributed by atoms with E-state index in [2.05, 4.69) is 32.0 Å². The summed E-state index contributed by atoms with van der Waals surface area (Å²) < 4.78 is 1.67. The van der Waals surface area contributed by atoms with Gasteiger partial charge in [-0.2, -0.15) is 0 Å². The van der Waals surface area contributed by atoms with Crippen LogP contribution in [-0.4, -0.2) is 4.57 Å². The Morgan fingerprint density at radius 2 is 1.73 bits per heavy atom. The number of pyridine rings is 1. The predicted molar refractivity (Wildman–Crippen MR) is 93.7 cm³/mol. The van der Waals surface area contributed by atoms with E-state index in [0.29, 0.717) is 5.88 Å². The van der Waals surface area contributed by atoms with Gasteiger partial charge in [-0.15, -0.1) is 11.6 Å². The van der Waals surface area contributed by atoms with E-state index < -0.39 is 0 Å². The van der Waals surface area contributed by atoms with Gasteiger partial charge in [0.05, 0.1) is 5.88 Å². The quantitative estimate of drug-likeness (QED) is 0.636. The summed E-state index contributed by atoms with van der Waals surface area (Å²) in [4.78, 5) is 12.5. The van der Waals surface area contributed by atoms with Gasteiger partial charge < -0.3 is 4.57 Å². The second-order valence-corrected chi connectivity index (χ2v) is 5.95. The van der Waals surface area contributed by atoms with Crippen molar-refractivity contribution in [3.05, 3.63) is 69.6 Å². The molecule has 0 aliphatic carbocycles. The van der Waals surface area contributed by atoms with Crippen LogP contribution in [0.2, 0.25) is 0 Å². The Morgan fingerprint density at radius 1 is 1.05 bits per heavy atom. The molecule has 0 spiro atoms. The van der Waals surface area contributed by atoms with Gasteiger partial charge in [0.2, 0.25) is 0 Å². The van der Waals surface area contributed by atoms with Crippen molar-refractivity contribution in [3.8, 4) is 11.1 Å². The topological polar surface area (TPSA) is 22.0 Å². The molecule has 0 amide bonds. The predicted octanol–water partition coefficient (Wildman–Crippen LogP) is 4.56. The molecule has 3 aromatic rings. The van der Waals surface area contributed by atoms with E-state index in [1.165, 1.54) is 11.1 Å². The molecular formula is C19H18ClNO. The van der Waals surface area contributed by atoms with Crippen LogP contribution in [0.1, 0.15) is 16.8 Å². The number of hydrogen-bond donors (Lipinski definition) is 0. The number of aryl methyl sites for hydroxylation is 2. The monoisotopic (exact) mass is 311 g/mol. The fraction of sp³-hybridized carbons (Fsp3) is 0.211. The number of rotatable bonds is 2. The van der Waals surface area contributed by atoms with Gasteiger partial charge in [-0.05, 0) is 36.4 Å². The van der Waals surface area contributed by atoms with Crippen LogP contribution < -0.4 is 5.56 Å². The molecule has 3 rings (SSSR count). The minimum atomic E-state index is -0.000218. The highest BCUT2D eigenvalue weighted by atomic mass is 35.5. The Morgan fingerprint density at radius 3 is 2.36 bits per heavy atom. The molecule has 0 atom stereocenters. The Labute approximate surface area is 135 Å². The molecule has 0 aliphatic rings. The maximum Gasteiger partial charge on any atom is 0.258 e. The van der Waals surface area contributed by atoms with Gasteiger partial charge in [0.15, 0.2) is 0 Å². The van der Waals surface area contributed by atoms with E-state index in [1.807, 2.05) is 24.3 Å². The second kappa shape index (κ2) is 5.62. The van der Waals surface area contributed by atoms with Crippen molar-refractivity contribution in [2.24, 2.45) is 7.05 Å². The molecule has 0 unspecified atom stereocenters. The lowest BCUT2D eigenvalue weighted by Crippen LogP contribution is -2.21. The zero-order valence-electron chi connectivity index (χ0n) is 13.0. The molecule has 0 saturated heterocycles. The van der Waals surface area contributed by atoms with Crippen LogP contribution in [0.25, 0.3) is 21.9 Å². The third-order valence-electron chi connectivity index (χ3n) is 4.20. The molecule has 0 aliphatic heterocycles. The molecule has 0 N–H and O–H groups in total. The molecule has 2 aromatic carbocycles. The van der Waals surface area contributed by atoms with Gasteiger partial charge >= 0.3 is 0 Å². The summed E-state index contributed by atoms with van der Waals surface area (Å²) in [5.74, 6) is 0.305. The molecular weight excluding hydrogens is 294 g/mol. The molecule has 0 saturated carbocycles. The normalized spacial score (nSPS) is 11.1. The van der Waals surface area contributed by atoms with Crippen molar-refractivity contribution in [1.29, 1.82) is 0 Å². The first kappa shape index (κ1) is 14.9. The summed E-state index contributed by atoms with van der Waals surface area (Å²) in [5.41, 5.74) is 5.47. The number of alkyl halides is 1. The average molecular weight is 312 g/mol. The summed E-state index contributed by atoms with van der Waals surface area (Å²) in [6.45, 7) is 4.18. The number of nitrogens with zero attached hydrogens (tertiary/aromatic N) is 1. The summed E-state index contributed by atoms with van der Waals surface area (Å²) in [5, 5.41) is 1.70. The SMILES string of the molecule is Cc1ccc(-c2c(CCl)n(C)c(=O)c3ccccc23)c(C)c1. The van der Waals surface area contributed by atoms with E-state index in [-0.39, 0.29) is 5.56 Å². The molecule has 0 fully saturated rings. The summed E-state index contributed by atoms with van der Waals surface area (Å²) in [6, 6.07) is 14.1. The number of hydrogen-bond acceptors (Lipinski definition) is 1. The number of aromatic nitrogens is 1. The van der Waals surface area contributed by atoms with Crippen molar-refractivity contribution >= 4 is 22.4 Å². The maximum atomic E-state index is 12.5. The van der Waals surface area contributed by atoms with E-state index in [1.54, 1.807) is 11.6 Å². The smallest absolute Gasteiger partial charge is 0.258 e. The highest BCUT2D eigenvalue weighted by Gasteiger charge is 2.16. The van der Waals surface area contributed by atoms with Crippen LogP contribution in [0.5, 0.6) is 0 Å². The lowest BCUT2D eigenvalue weighted by molar-refractivity contribution is 0.824. The molecule has 1 heterocycles. The average Bonchev–Trinajstić information content (AvgIpc) is 2.51. The van der Waals surface area contributed by atoms with Crippen molar-refractivity contribution < 1.29 is 0 Å². The lowest BCUT2D eigenvalue weighted by atomic mass is 9.93. The van der Waals surface area contributed by atoms with Gasteiger partial charge in [-0.1, -0.05) is 42.0 Å². The Bertz CT molecular complexity index is 925. The molecule has 112 valence electrons. The highest BCUT2D eigenvalue weighted by Crippen LogP contribution is 2.33. The number of halogens is 1. The van der Waals surface area contributed by atoms with E-state index in [9.17, 15) is 4.79 Å². The maximum absolute atomic E-state index is 12.5. The van der Waals surface area contributed by atoms with E-state index >= 15 is 0 Å². The molecule has 0 radical (unpaired) electrons. The van der Waals surface area contributed by atoms with Crippen LogP contribution in [0, 0.1) is 13.8 Å². The zero-order valence-corrected chi connectivity index (χ0v) is 13.7. The van der Waals surface area contributed by atoms with Crippen LogP contribution in [0.4, 0.5) is 0 Å². The Hall–Kier alpha value is -2.06. The molecule has 2 nitrogen and oxygen atoms in total. The molecule has 0 bridgehead atoms. The fourth-order valence-corrected chi connectivity index (χ4v) is 3.38.